The number of primary amides is 1. The molecule has 4 rings (SSSR count). The second kappa shape index (κ2) is 6.94. The first-order chi connectivity index (χ1) is 13.1. The first-order valence-corrected chi connectivity index (χ1v) is 8.50. The summed E-state index contributed by atoms with van der Waals surface area (Å²) in [5.74, 6) is 0.0637. The molecule has 3 heterocycles. The Hall–Kier alpha value is -3.62. The number of hydrogen-bond acceptors (Lipinski definition) is 5. The zero-order chi connectivity index (χ0) is 18.8. The second-order valence-corrected chi connectivity index (χ2v) is 6.29. The van der Waals surface area contributed by atoms with Gasteiger partial charge in [-0.15, -0.1) is 0 Å². The van der Waals surface area contributed by atoms with Crippen molar-refractivity contribution >= 4 is 28.5 Å². The summed E-state index contributed by atoms with van der Waals surface area (Å²) in [5, 5.41) is 10.0. The normalized spacial score (nSPS) is 16.4. The van der Waals surface area contributed by atoms with Gasteiger partial charge in [-0.2, -0.15) is 5.10 Å². The Bertz CT molecular complexity index is 987. The number of ether oxygens (including phenoxy) is 1. The lowest BCUT2D eigenvalue weighted by atomic mass is 10.2. The topological polar surface area (TPSA) is 126 Å². The van der Waals surface area contributed by atoms with Gasteiger partial charge in [-0.1, -0.05) is 0 Å². The number of pyridine rings is 1. The van der Waals surface area contributed by atoms with Gasteiger partial charge in [0.25, 0.3) is 5.91 Å². The van der Waals surface area contributed by atoms with Crippen LogP contribution in [0, 0.1) is 0 Å². The number of carbonyl (C=O) groups is 2. The Labute approximate surface area is 154 Å². The van der Waals surface area contributed by atoms with Crippen LogP contribution in [-0.4, -0.2) is 51.2 Å². The summed E-state index contributed by atoms with van der Waals surface area (Å²) >= 11 is 0. The molecule has 27 heavy (non-hydrogen) atoms. The molecule has 1 fully saturated rings. The van der Waals surface area contributed by atoms with E-state index in [1.807, 2.05) is 6.07 Å². The number of carbonyl (C=O) groups excluding carboxylic acids is 2. The van der Waals surface area contributed by atoms with E-state index in [4.69, 9.17) is 10.5 Å². The van der Waals surface area contributed by atoms with E-state index in [-0.39, 0.29) is 17.8 Å². The largest absolute Gasteiger partial charge is 0.487 e. The van der Waals surface area contributed by atoms with Gasteiger partial charge in [0.1, 0.15) is 11.9 Å². The number of anilines is 1. The number of aromatic amines is 1. The van der Waals surface area contributed by atoms with Crippen molar-refractivity contribution in [1.29, 1.82) is 0 Å². The molecule has 3 amide bonds. The fraction of sp³-hybridized carbons (Fsp3) is 0.222. The summed E-state index contributed by atoms with van der Waals surface area (Å²) < 4.78 is 5.85. The zero-order valence-electron chi connectivity index (χ0n) is 14.4. The van der Waals surface area contributed by atoms with Gasteiger partial charge in [-0.25, -0.2) is 4.79 Å². The third-order valence-corrected chi connectivity index (χ3v) is 4.42. The number of rotatable bonds is 4. The number of fused-ring (bicyclic) bond motifs is 1. The number of hydrogen-bond donors (Lipinski definition) is 3. The summed E-state index contributed by atoms with van der Waals surface area (Å²) in [6.45, 7) is 1.08. The Morgan fingerprint density at radius 1 is 1.33 bits per heavy atom. The van der Waals surface area contributed by atoms with Crippen molar-refractivity contribution < 1.29 is 14.3 Å². The van der Waals surface area contributed by atoms with Gasteiger partial charge in [-0.05, 0) is 30.3 Å². The second-order valence-electron chi connectivity index (χ2n) is 6.29. The van der Waals surface area contributed by atoms with E-state index in [0.717, 1.165) is 6.42 Å². The van der Waals surface area contributed by atoms with Crippen molar-refractivity contribution in [1.82, 2.24) is 20.1 Å². The van der Waals surface area contributed by atoms with Gasteiger partial charge in [0.05, 0.1) is 18.3 Å². The Morgan fingerprint density at radius 3 is 3.00 bits per heavy atom. The van der Waals surface area contributed by atoms with Gasteiger partial charge in [0.15, 0.2) is 5.69 Å². The van der Waals surface area contributed by atoms with Crippen LogP contribution in [0.1, 0.15) is 16.9 Å². The average Bonchev–Trinajstić information content (AvgIpc) is 3.29. The third-order valence-electron chi connectivity index (χ3n) is 4.42. The molecule has 0 radical (unpaired) electrons. The zero-order valence-corrected chi connectivity index (χ0v) is 14.4. The molecule has 1 aliphatic rings. The van der Waals surface area contributed by atoms with E-state index in [0.29, 0.717) is 35.4 Å². The van der Waals surface area contributed by atoms with Gasteiger partial charge in [0, 0.05) is 30.2 Å². The predicted octanol–water partition coefficient (Wildman–Crippen LogP) is 1.74. The number of urea groups is 1. The fourth-order valence-corrected chi connectivity index (χ4v) is 3.10. The number of nitrogens with zero attached hydrogens (tertiary/aromatic N) is 3. The smallest absolute Gasteiger partial charge is 0.321 e. The molecule has 1 atom stereocenters. The molecular weight excluding hydrogens is 348 g/mol. The van der Waals surface area contributed by atoms with Gasteiger partial charge < -0.3 is 20.7 Å². The molecule has 2 aromatic heterocycles. The van der Waals surface area contributed by atoms with E-state index >= 15 is 0 Å². The number of nitrogens with two attached hydrogens (primary N) is 1. The molecule has 138 valence electrons. The van der Waals surface area contributed by atoms with Crippen LogP contribution >= 0.6 is 0 Å². The molecule has 9 heteroatoms. The van der Waals surface area contributed by atoms with E-state index in [1.165, 1.54) is 0 Å². The summed E-state index contributed by atoms with van der Waals surface area (Å²) in [7, 11) is 0. The first-order valence-electron chi connectivity index (χ1n) is 8.50. The van der Waals surface area contributed by atoms with Gasteiger partial charge in [0.2, 0.25) is 0 Å². The molecule has 0 aliphatic carbocycles. The van der Waals surface area contributed by atoms with E-state index < -0.39 is 5.91 Å². The molecular formula is C18H18N6O3. The molecule has 1 aromatic carbocycles. The highest BCUT2D eigenvalue weighted by Crippen LogP contribution is 2.22. The maximum Gasteiger partial charge on any atom is 0.321 e. The van der Waals surface area contributed by atoms with E-state index in [1.54, 1.807) is 41.6 Å². The first kappa shape index (κ1) is 16.8. The molecule has 1 unspecified atom stereocenters. The number of aromatic nitrogens is 3. The Kier molecular flexibility index (Phi) is 4.33. The Balaban J connectivity index is 1.41. The van der Waals surface area contributed by atoms with Gasteiger partial charge in [-0.3, -0.25) is 14.9 Å². The minimum absolute atomic E-state index is 0.0715. The summed E-state index contributed by atoms with van der Waals surface area (Å²) in [4.78, 5) is 29.7. The van der Waals surface area contributed by atoms with Crippen molar-refractivity contribution in [2.24, 2.45) is 5.73 Å². The predicted molar refractivity (Wildman–Crippen MR) is 98.5 cm³/mol. The third kappa shape index (κ3) is 3.52. The number of amides is 3. The van der Waals surface area contributed by atoms with Gasteiger partial charge >= 0.3 is 6.03 Å². The highest BCUT2D eigenvalue weighted by atomic mass is 16.5. The molecule has 9 nitrogen and oxygen atoms in total. The Morgan fingerprint density at radius 2 is 2.22 bits per heavy atom. The number of H-pyrrole nitrogens is 1. The number of likely N-dealkylation sites (tertiary alicyclic amines) is 1. The maximum atomic E-state index is 12.5. The summed E-state index contributed by atoms with van der Waals surface area (Å²) in [6.07, 6.45) is 4.01. The van der Waals surface area contributed by atoms with Crippen molar-refractivity contribution in [3.63, 3.8) is 0 Å². The molecule has 4 N–H and O–H groups in total. The van der Waals surface area contributed by atoms with Crippen LogP contribution in [0.5, 0.6) is 5.75 Å². The molecule has 0 spiro atoms. The number of benzene rings is 1. The quantitative estimate of drug-likeness (QED) is 0.648. The lowest BCUT2D eigenvalue weighted by Gasteiger charge is -2.18. The lowest BCUT2D eigenvalue weighted by molar-refractivity contribution is 0.0997. The van der Waals surface area contributed by atoms with Crippen LogP contribution in [0.3, 0.4) is 0 Å². The van der Waals surface area contributed by atoms with Crippen LogP contribution in [0.2, 0.25) is 0 Å². The van der Waals surface area contributed by atoms with Crippen LogP contribution in [-0.2, 0) is 0 Å². The van der Waals surface area contributed by atoms with Crippen LogP contribution in [0.4, 0.5) is 10.5 Å². The van der Waals surface area contributed by atoms with E-state index in [2.05, 4.69) is 20.5 Å². The minimum Gasteiger partial charge on any atom is -0.487 e. The van der Waals surface area contributed by atoms with Crippen molar-refractivity contribution in [3.05, 3.63) is 48.4 Å². The van der Waals surface area contributed by atoms with Crippen LogP contribution < -0.4 is 15.8 Å². The lowest BCUT2D eigenvalue weighted by Crippen LogP contribution is -2.34. The van der Waals surface area contributed by atoms with Crippen LogP contribution in [0.15, 0.2) is 42.7 Å². The van der Waals surface area contributed by atoms with Crippen molar-refractivity contribution in [2.45, 2.75) is 12.5 Å². The SMILES string of the molecule is NC(=O)c1n[nH]c2ccc(NC(=O)N3CCC(Oc4cccnc4)C3)cc12. The minimum atomic E-state index is -0.625. The fourth-order valence-electron chi connectivity index (χ4n) is 3.10. The van der Waals surface area contributed by atoms with Crippen molar-refractivity contribution in [3.8, 4) is 5.75 Å². The number of nitrogens with one attached hydrogen (secondary N) is 2. The molecule has 1 saturated heterocycles. The maximum absolute atomic E-state index is 12.5. The van der Waals surface area contributed by atoms with E-state index in [9.17, 15) is 9.59 Å². The molecule has 1 aliphatic heterocycles. The van der Waals surface area contributed by atoms with Crippen LogP contribution in [0.25, 0.3) is 10.9 Å². The highest BCUT2D eigenvalue weighted by Gasteiger charge is 2.28. The average molecular weight is 366 g/mol. The standard InChI is InChI=1S/C18H18N6O3/c19-17(25)16-14-8-11(3-4-15(14)22-23-16)21-18(26)24-7-5-13(10-24)27-12-2-1-6-20-9-12/h1-4,6,8-9,13H,5,7,10H2,(H2,19,25)(H,21,26)(H,22,23). The highest BCUT2D eigenvalue weighted by molar-refractivity contribution is 6.05. The molecule has 0 bridgehead atoms. The molecule has 3 aromatic rings. The molecule has 0 saturated carbocycles. The monoisotopic (exact) mass is 366 g/mol. The summed E-state index contributed by atoms with van der Waals surface area (Å²) in [6, 6.07) is 8.57. The summed E-state index contributed by atoms with van der Waals surface area (Å²) in [5.41, 5.74) is 6.70. The van der Waals surface area contributed by atoms with Crippen molar-refractivity contribution in [2.75, 3.05) is 18.4 Å².